The molecule has 0 unspecified atom stereocenters. The maximum Gasteiger partial charge on any atom is 4.00 e. The Hall–Kier alpha value is 3.62. The van der Waals surface area contributed by atoms with Crippen LogP contribution in [0.3, 0.4) is 0 Å². The molecule has 0 spiro atoms. The molecule has 0 bridgehead atoms. The fourth-order valence-electron chi connectivity index (χ4n) is 0. The smallest absolute Gasteiger partial charge is 0.693 e. The Morgan fingerprint density at radius 1 is 0.333 bits per heavy atom. The van der Waals surface area contributed by atoms with E-state index in [4.69, 9.17) is 0 Å². The first kappa shape index (κ1) is 435. The maximum atomic E-state index is 4.61. The molecule has 0 aliphatic rings. The summed E-state index contributed by atoms with van der Waals surface area (Å²) in [6.07, 6.45) is 0. The molecule has 17 heteroatoms. The van der Waals surface area contributed by atoms with Crippen LogP contribution in [0.5, 0.6) is 0 Å². The van der Waals surface area contributed by atoms with E-state index in [0.29, 0.717) is 0 Å². The minimum Gasteiger partial charge on any atom is -0.693 e. The molecule has 172 valence electrons. The van der Waals surface area contributed by atoms with E-state index in [1.54, 1.807) is 37.5 Å². The summed E-state index contributed by atoms with van der Waals surface area (Å²) in [7, 11) is 9.22. The first-order valence-electron chi connectivity index (χ1n) is 0.239. The molecule has 0 amide bonds. The zero-order chi connectivity index (χ0) is 4.00. The summed E-state index contributed by atoms with van der Waals surface area (Å²) in [5.41, 5.74) is 0. The standard InChI is InChI=1S/4CH3.2ClH.10H2N.5Pt/h4*1H3;2*1H;10*1H2;;;;;/q4*-1;;;10*-1;;;2*+1;+4/p-2. The third-order valence-corrected chi connectivity index (χ3v) is 0. The molecule has 0 atom stereocenters. The van der Waals surface area contributed by atoms with Gasteiger partial charge in [-0.1, -0.05) is 0 Å². The Morgan fingerprint density at radius 2 is 0.333 bits per heavy atom. The molecule has 0 saturated heterocycles. The Morgan fingerprint density at radius 3 is 0.333 bits per heavy atom. The zero-order valence-electron chi connectivity index (χ0n) is 12.1. The van der Waals surface area contributed by atoms with E-state index in [0.717, 1.165) is 0 Å². The summed E-state index contributed by atoms with van der Waals surface area (Å²) >= 11 is 3.22. The second-order valence-electron chi connectivity index (χ2n) is 0. The molecule has 0 aromatic carbocycles. The van der Waals surface area contributed by atoms with Gasteiger partial charge in [-0.3, -0.25) is 0 Å². The molecular formula is C4H32Cl2N10Pt5-10. The molecule has 20 N–H and O–H groups in total. The van der Waals surface area contributed by atoms with Crippen LogP contribution in [0.2, 0.25) is 0 Å². The van der Waals surface area contributed by atoms with Crippen LogP contribution in [-0.2, 0) is 101 Å². The Balaban J connectivity index is -0.000000000124. The van der Waals surface area contributed by atoms with Crippen molar-refractivity contribution in [2.75, 3.05) is 0 Å². The average Bonchev–Trinajstić information content (AvgIpc) is 1.50. The van der Waals surface area contributed by atoms with E-state index in [1.165, 1.54) is 0 Å². The van der Waals surface area contributed by atoms with Crippen LogP contribution in [0.25, 0.3) is 61.5 Å². The summed E-state index contributed by atoms with van der Waals surface area (Å²) in [6, 6.07) is 0. The first-order chi connectivity index (χ1) is 2.00. The van der Waals surface area contributed by atoms with Crippen molar-refractivity contribution in [1.29, 1.82) is 0 Å². The predicted molar refractivity (Wildman–Crippen MR) is 90.2 cm³/mol. The molecule has 0 aromatic heterocycles. The van der Waals surface area contributed by atoms with Gasteiger partial charge in [0.25, 0.3) is 0 Å². The van der Waals surface area contributed by atoms with Crippen LogP contribution in [0.15, 0.2) is 0 Å². The van der Waals surface area contributed by atoms with Crippen LogP contribution in [-0.4, -0.2) is 0 Å². The number of hydrogen-bond acceptors (Lipinski definition) is 0. The Labute approximate surface area is 208 Å². The SMILES string of the molecule is [CH3-].[CH3-].[CH3-].[CH3-].[Cl][Pt].[Cl][Pt].[NH2-].[NH2-].[NH2-].[NH2-].[NH2-].[NH2-].[NH2-].[NH2-].[NH2-].[NH2-].[Pt+4].[Pt].[Pt]. The van der Waals surface area contributed by atoms with Crippen molar-refractivity contribution >= 4 is 18.8 Å². The van der Waals surface area contributed by atoms with E-state index in [-0.39, 0.29) is 154 Å². The number of hydrogen-bond donors (Lipinski definition) is 0. The van der Waals surface area contributed by atoms with Crippen LogP contribution in [0, 0.1) is 29.7 Å². The number of rotatable bonds is 0. The monoisotopic (exact) mass is 1270 g/mol. The molecule has 0 rings (SSSR count). The van der Waals surface area contributed by atoms with Gasteiger partial charge in [0.2, 0.25) is 0 Å². The molecule has 0 fully saturated rings. The van der Waals surface area contributed by atoms with Gasteiger partial charge in [-0.25, -0.2) is 0 Å². The fourth-order valence-corrected chi connectivity index (χ4v) is 0. The quantitative estimate of drug-likeness (QED) is 0.204. The molecule has 0 aliphatic heterocycles. The molecule has 21 heavy (non-hydrogen) atoms. The van der Waals surface area contributed by atoms with Crippen LogP contribution in [0.1, 0.15) is 0 Å². The van der Waals surface area contributed by atoms with Gasteiger partial charge in [-0.05, 0) is 0 Å². The molecular weight excluding hydrogens is 1230 g/mol. The van der Waals surface area contributed by atoms with E-state index >= 15 is 0 Å². The largest absolute Gasteiger partial charge is 4.00 e. The van der Waals surface area contributed by atoms with Gasteiger partial charge in [0, 0.05) is 42.1 Å². The normalized spacial score (nSPS) is 0.667. The van der Waals surface area contributed by atoms with Crippen molar-refractivity contribution in [2.24, 2.45) is 0 Å². The van der Waals surface area contributed by atoms with E-state index < -0.39 is 0 Å². The molecule has 0 aromatic rings. The summed E-state index contributed by atoms with van der Waals surface area (Å²) in [4.78, 5) is 0. The van der Waals surface area contributed by atoms with Crippen molar-refractivity contribution in [1.82, 2.24) is 0 Å². The minimum absolute atomic E-state index is 0. The van der Waals surface area contributed by atoms with Crippen LogP contribution in [0.4, 0.5) is 0 Å². The van der Waals surface area contributed by atoms with Gasteiger partial charge in [0.1, 0.15) is 0 Å². The second-order valence-corrected chi connectivity index (χ2v) is 0. The van der Waals surface area contributed by atoms with E-state index in [9.17, 15) is 0 Å². The molecule has 0 radical (unpaired) electrons. The fraction of sp³-hybridized carbons (Fsp3) is 0. The summed E-state index contributed by atoms with van der Waals surface area (Å²) in [6.45, 7) is 0. The first-order valence-corrected chi connectivity index (χ1v) is 5.87. The number of nitrogens with two attached hydrogens (primary N) is 10. The molecule has 0 aliphatic carbocycles. The third kappa shape index (κ3) is 842. The summed E-state index contributed by atoms with van der Waals surface area (Å²) in [5, 5.41) is 0. The number of halogens is 2. The molecule has 0 heterocycles. The van der Waals surface area contributed by atoms with Crippen molar-refractivity contribution in [3.8, 4) is 0 Å². The molecule has 10 nitrogen and oxygen atoms in total. The summed E-state index contributed by atoms with van der Waals surface area (Å²) < 4.78 is 0. The van der Waals surface area contributed by atoms with Gasteiger partial charge in [0.05, 0.1) is 0 Å². The second kappa shape index (κ2) is 922. The van der Waals surface area contributed by atoms with E-state index in [1.807, 2.05) is 0 Å². The van der Waals surface area contributed by atoms with Gasteiger partial charge < -0.3 is 91.2 Å². The topological polar surface area (TPSA) is 335 Å². The van der Waals surface area contributed by atoms with Crippen molar-refractivity contribution in [3.63, 3.8) is 0 Å². The third-order valence-electron chi connectivity index (χ3n) is 0. The Kier molecular flexibility index (Phi) is 19100. The van der Waals surface area contributed by atoms with Gasteiger partial charge in [-0.2, -0.15) is 0 Å². The minimum atomic E-state index is 0. The van der Waals surface area contributed by atoms with Crippen LogP contribution >= 0.6 is 18.8 Å². The van der Waals surface area contributed by atoms with Crippen molar-refractivity contribution in [2.45, 2.75) is 0 Å². The van der Waals surface area contributed by atoms with Crippen molar-refractivity contribution < 1.29 is 101 Å². The zero-order valence-corrected chi connectivity index (χ0v) is 25.0. The summed E-state index contributed by atoms with van der Waals surface area (Å²) in [5.74, 6) is 0. The maximum absolute atomic E-state index is 4.61. The van der Waals surface area contributed by atoms with Gasteiger partial charge >= 0.3 is 77.4 Å². The van der Waals surface area contributed by atoms with Gasteiger partial charge in [-0.15, -0.1) is 0 Å². The Bertz CT molecular complexity index is 37.4. The van der Waals surface area contributed by atoms with Crippen molar-refractivity contribution in [3.05, 3.63) is 91.2 Å². The predicted octanol–water partition coefficient (Wildman–Crippen LogP) is 10.3. The van der Waals surface area contributed by atoms with Gasteiger partial charge in [0.15, 0.2) is 0 Å². The molecule has 0 saturated carbocycles. The van der Waals surface area contributed by atoms with Crippen LogP contribution < -0.4 is 0 Å². The van der Waals surface area contributed by atoms with E-state index in [2.05, 4.69) is 18.8 Å². The average molecular weight is 1270 g/mol.